The van der Waals surface area contributed by atoms with E-state index in [4.69, 9.17) is 4.74 Å². The van der Waals surface area contributed by atoms with Gasteiger partial charge in [-0.15, -0.1) is 0 Å². The average Bonchev–Trinajstić information content (AvgIpc) is 2.60. The van der Waals surface area contributed by atoms with Crippen LogP contribution < -0.4 is 10.0 Å². The van der Waals surface area contributed by atoms with Crippen LogP contribution in [0.1, 0.15) is 18.1 Å². The van der Waals surface area contributed by atoms with Gasteiger partial charge >= 0.3 is 5.97 Å². The number of aryl methyl sites for hydroxylation is 2. The van der Waals surface area contributed by atoms with E-state index < -0.39 is 22.0 Å². The summed E-state index contributed by atoms with van der Waals surface area (Å²) in [5.74, 6) is -0.622. The Morgan fingerprint density at radius 1 is 1.00 bits per heavy atom. The van der Waals surface area contributed by atoms with Gasteiger partial charge in [-0.1, -0.05) is 35.4 Å². The number of rotatable bonds is 8. The van der Waals surface area contributed by atoms with Crippen molar-refractivity contribution in [1.29, 1.82) is 0 Å². The second-order valence-corrected chi connectivity index (χ2v) is 7.70. The molecular formula is C19H24N2O4S. The molecule has 0 spiro atoms. The van der Waals surface area contributed by atoms with Crippen LogP contribution in [0.5, 0.6) is 0 Å². The first-order chi connectivity index (χ1) is 12.3. The maximum atomic E-state index is 12.6. The highest BCUT2D eigenvalue weighted by Crippen LogP contribution is 2.12. The molecule has 1 atom stereocenters. The first-order valence-corrected chi connectivity index (χ1v) is 9.86. The molecule has 2 aromatic carbocycles. The number of benzene rings is 2. The van der Waals surface area contributed by atoms with Gasteiger partial charge in [0.2, 0.25) is 10.0 Å². The molecule has 7 heteroatoms. The van der Waals surface area contributed by atoms with Gasteiger partial charge in [-0.05, 0) is 45.0 Å². The molecule has 26 heavy (non-hydrogen) atoms. The maximum absolute atomic E-state index is 12.6. The first kappa shape index (κ1) is 19.9. The van der Waals surface area contributed by atoms with Crippen molar-refractivity contribution in [2.75, 3.05) is 18.5 Å². The molecule has 0 aromatic heterocycles. The first-order valence-electron chi connectivity index (χ1n) is 8.38. The molecule has 0 saturated heterocycles. The van der Waals surface area contributed by atoms with E-state index in [1.165, 1.54) is 12.1 Å². The standard InChI is InChI=1S/C19H24N2O4S/c1-4-25-19(22)18(13-20-16-9-5-14(2)6-10-16)21-26(23,24)17-11-7-15(3)8-12-17/h5-12,18,20-21H,4,13H2,1-3H3. The number of carbonyl (C=O) groups is 1. The van der Waals surface area contributed by atoms with E-state index in [0.717, 1.165) is 16.8 Å². The van der Waals surface area contributed by atoms with E-state index in [9.17, 15) is 13.2 Å². The fourth-order valence-electron chi connectivity index (χ4n) is 2.28. The largest absolute Gasteiger partial charge is 0.465 e. The lowest BCUT2D eigenvalue weighted by Gasteiger charge is -2.18. The molecule has 0 aliphatic carbocycles. The van der Waals surface area contributed by atoms with Crippen LogP contribution in [0.2, 0.25) is 0 Å². The number of hydrogen-bond acceptors (Lipinski definition) is 5. The van der Waals surface area contributed by atoms with Gasteiger partial charge in [0, 0.05) is 12.2 Å². The Morgan fingerprint density at radius 2 is 1.54 bits per heavy atom. The molecule has 0 aliphatic rings. The zero-order valence-electron chi connectivity index (χ0n) is 15.2. The lowest BCUT2D eigenvalue weighted by molar-refractivity contribution is -0.144. The number of nitrogens with one attached hydrogen (secondary N) is 2. The molecule has 2 rings (SSSR count). The van der Waals surface area contributed by atoms with Gasteiger partial charge < -0.3 is 10.1 Å². The number of esters is 1. The van der Waals surface area contributed by atoms with E-state index >= 15 is 0 Å². The van der Waals surface area contributed by atoms with Gasteiger partial charge in [-0.2, -0.15) is 4.72 Å². The van der Waals surface area contributed by atoms with Gasteiger partial charge in [0.15, 0.2) is 0 Å². The summed E-state index contributed by atoms with van der Waals surface area (Å²) < 4.78 is 32.6. The van der Waals surface area contributed by atoms with E-state index in [2.05, 4.69) is 10.0 Å². The van der Waals surface area contributed by atoms with Crippen molar-refractivity contribution in [3.05, 3.63) is 59.7 Å². The Balaban J connectivity index is 2.14. The summed E-state index contributed by atoms with van der Waals surface area (Å²) in [6.45, 7) is 5.77. The zero-order valence-corrected chi connectivity index (χ0v) is 16.0. The molecule has 2 aromatic rings. The summed E-state index contributed by atoms with van der Waals surface area (Å²) >= 11 is 0. The Hall–Kier alpha value is -2.38. The zero-order chi connectivity index (χ0) is 19.2. The van der Waals surface area contributed by atoms with Crippen LogP contribution in [0.4, 0.5) is 5.69 Å². The summed E-state index contributed by atoms with van der Waals surface area (Å²) in [4.78, 5) is 12.3. The summed E-state index contributed by atoms with van der Waals surface area (Å²) in [5, 5.41) is 3.07. The van der Waals surface area contributed by atoms with Crippen molar-refractivity contribution in [2.24, 2.45) is 0 Å². The topological polar surface area (TPSA) is 84.5 Å². The highest BCUT2D eigenvalue weighted by atomic mass is 32.2. The lowest BCUT2D eigenvalue weighted by Crippen LogP contribution is -2.46. The lowest BCUT2D eigenvalue weighted by atomic mass is 10.2. The third kappa shape index (κ3) is 5.57. The highest BCUT2D eigenvalue weighted by Gasteiger charge is 2.26. The third-order valence-electron chi connectivity index (χ3n) is 3.76. The summed E-state index contributed by atoms with van der Waals surface area (Å²) in [5.41, 5.74) is 2.85. The van der Waals surface area contributed by atoms with Gasteiger partial charge in [0.05, 0.1) is 11.5 Å². The molecule has 0 radical (unpaired) electrons. The van der Waals surface area contributed by atoms with Crippen LogP contribution in [-0.4, -0.2) is 33.6 Å². The Bertz CT molecular complexity index is 831. The van der Waals surface area contributed by atoms with Gasteiger partial charge in [-0.3, -0.25) is 4.79 Å². The van der Waals surface area contributed by atoms with Crippen LogP contribution in [0.15, 0.2) is 53.4 Å². The minimum Gasteiger partial charge on any atom is -0.465 e. The third-order valence-corrected chi connectivity index (χ3v) is 5.25. The van der Waals surface area contributed by atoms with Crippen molar-refractivity contribution in [3.8, 4) is 0 Å². The van der Waals surface area contributed by atoms with Crippen LogP contribution >= 0.6 is 0 Å². The normalized spacial score (nSPS) is 12.4. The second kappa shape index (κ2) is 8.82. The van der Waals surface area contributed by atoms with Crippen LogP contribution in [0.25, 0.3) is 0 Å². The fraction of sp³-hybridized carbons (Fsp3) is 0.316. The fourth-order valence-corrected chi connectivity index (χ4v) is 3.46. The molecule has 140 valence electrons. The highest BCUT2D eigenvalue weighted by molar-refractivity contribution is 7.89. The van der Waals surface area contributed by atoms with Crippen molar-refractivity contribution in [1.82, 2.24) is 4.72 Å². The molecule has 0 amide bonds. The van der Waals surface area contributed by atoms with Crippen LogP contribution in [-0.2, 0) is 19.6 Å². The van der Waals surface area contributed by atoms with E-state index in [-0.39, 0.29) is 18.0 Å². The van der Waals surface area contributed by atoms with Crippen molar-refractivity contribution in [3.63, 3.8) is 0 Å². The Labute approximate surface area is 154 Å². The van der Waals surface area contributed by atoms with Crippen molar-refractivity contribution < 1.29 is 17.9 Å². The number of ether oxygens (including phenoxy) is 1. The summed E-state index contributed by atoms with van der Waals surface area (Å²) in [6, 6.07) is 13.0. The predicted molar refractivity (Wildman–Crippen MR) is 102 cm³/mol. The quantitative estimate of drug-likeness (QED) is 0.692. The average molecular weight is 376 g/mol. The second-order valence-electron chi connectivity index (χ2n) is 5.99. The molecule has 0 aliphatic heterocycles. The molecular weight excluding hydrogens is 352 g/mol. The predicted octanol–water partition coefficient (Wildman–Crippen LogP) is 2.63. The minimum atomic E-state index is -3.84. The van der Waals surface area contributed by atoms with E-state index in [1.807, 2.05) is 38.1 Å². The number of anilines is 1. The van der Waals surface area contributed by atoms with Gasteiger partial charge in [-0.25, -0.2) is 8.42 Å². The van der Waals surface area contributed by atoms with Crippen molar-refractivity contribution >= 4 is 21.7 Å². The van der Waals surface area contributed by atoms with Crippen molar-refractivity contribution in [2.45, 2.75) is 31.7 Å². The number of carbonyl (C=O) groups excluding carboxylic acids is 1. The molecule has 0 saturated carbocycles. The van der Waals surface area contributed by atoms with Crippen LogP contribution in [0.3, 0.4) is 0 Å². The minimum absolute atomic E-state index is 0.0764. The maximum Gasteiger partial charge on any atom is 0.326 e. The summed E-state index contributed by atoms with van der Waals surface area (Å²) in [6.07, 6.45) is 0. The summed E-state index contributed by atoms with van der Waals surface area (Å²) in [7, 11) is -3.84. The molecule has 0 heterocycles. The van der Waals surface area contributed by atoms with Gasteiger partial charge in [0.1, 0.15) is 6.04 Å². The molecule has 1 unspecified atom stereocenters. The molecule has 6 nitrogen and oxygen atoms in total. The molecule has 0 bridgehead atoms. The molecule has 0 fully saturated rings. The Morgan fingerprint density at radius 3 is 2.08 bits per heavy atom. The van der Waals surface area contributed by atoms with E-state index in [0.29, 0.717) is 0 Å². The monoisotopic (exact) mass is 376 g/mol. The smallest absolute Gasteiger partial charge is 0.326 e. The van der Waals surface area contributed by atoms with Crippen LogP contribution in [0, 0.1) is 13.8 Å². The van der Waals surface area contributed by atoms with E-state index in [1.54, 1.807) is 19.1 Å². The Kier molecular flexibility index (Phi) is 6.76. The molecule has 2 N–H and O–H groups in total. The SMILES string of the molecule is CCOC(=O)C(CNc1ccc(C)cc1)NS(=O)(=O)c1ccc(C)cc1. The van der Waals surface area contributed by atoms with Gasteiger partial charge in [0.25, 0.3) is 0 Å². The number of hydrogen-bond donors (Lipinski definition) is 2. The number of sulfonamides is 1.